The molecule has 130 valence electrons. The summed E-state index contributed by atoms with van der Waals surface area (Å²) in [5.41, 5.74) is 0. The van der Waals surface area contributed by atoms with Crippen LogP contribution in [0.5, 0.6) is 0 Å². The first kappa shape index (κ1) is 17.7. The van der Waals surface area contributed by atoms with Crippen molar-refractivity contribution in [3.05, 3.63) is 11.7 Å². The number of aromatic nitrogens is 2. The van der Waals surface area contributed by atoms with Crippen LogP contribution in [-0.4, -0.2) is 53.8 Å². The Balaban J connectivity index is 1.91. The summed E-state index contributed by atoms with van der Waals surface area (Å²) in [5.74, 6) is 1.97. The fourth-order valence-electron chi connectivity index (χ4n) is 2.66. The van der Waals surface area contributed by atoms with Crippen molar-refractivity contribution in [3.8, 4) is 0 Å². The topological polar surface area (TPSA) is 83.3 Å². The van der Waals surface area contributed by atoms with Gasteiger partial charge in [0.15, 0.2) is 5.82 Å². The number of likely N-dealkylation sites (N-methyl/N-ethyl adjacent to an activating group) is 1. The number of carbonyl (C=O) groups excluding carboxylic acids is 1. The van der Waals surface area contributed by atoms with E-state index in [4.69, 9.17) is 4.52 Å². The van der Waals surface area contributed by atoms with Gasteiger partial charge in [0, 0.05) is 32.1 Å². The molecule has 7 nitrogen and oxygen atoms in total. The van der Waals surface area contributed by atoms with Crippen LogP contribution in [0.2, 0.25) is 0 Å². The third kappa shape index (κ3) is 5.20. The van der Waals surface area contributed by atoms with Crippen molar-refractivity contribution in [2.24, 2.45) is 5.92 Å². The highest BCUT2D eigenvalue weighted by atomic mass is 16.5. The maximum Gasteiger partial charge on any atom is 0.317 e. The van der Waals surface area contributed by atoms with Crippen LogP contribution in [-0.2, 0) is 6.42 Å². The van der Waals surface area contributed by atoms with Gasteiger partial charge in [-0.2, -0.15) is 4.98 Å². The quantitative estimate of drug-likeness (QED) is 0.833. The van der Waals surface area contributed by atoms with Crippen LogP contribution in [0.15, 0.2) is 4.52 Å². The highest BCUT2D eigenvalue weighted by Crippen LogP contribution is 2.25. The van der Waals surface area contributed by atoms with E-state index < -0.39 is 0 Å². The van der Waals surface area contributed by atoms with Crippen LogP contribution in [0.3, 0.4) is 0 Å². The molecule has 2 amide bonds. The normalized spacial score (nSPS) is 19.9. The minimum atomic E-state index is 0.00643. The van der Waals surface area contributed by atoms with Gasteiger partial charge in [0.2, 0.25) is 5.89 Å². The molecule has 7 heteroatoms. The average molecular weight is 323 g/mol. The molecule has 2 unspecified atom stereocenters. The third-order valence-electron chi connectivity index (χ3n) is 4.18. The predicted molar refractivity (Wildman–Crippen MR) is 88.3 cm³/mol. The van der Waals surface area contributed by atoms with Crippen LogP contribution in [0.4, 0.5) is 4.79 Å². The number of likely N-dealkylation sites (tertiary alicyclic amines) is 1. The van der Waals surface area contributed by atoms with Gasteiger partial charge in [-0.25, -0.2) is 4.79 Å². The van der Waals surface area contributed by atoms with E-state index in [0.717, 1.165) is 31.6 Å². The van der Waals surface area contributed by atoms with Crippen molar-refractivity contribution in [2.75, 3.05) is 26.7 Å². The Bertz CT molecular complexity index is 502. The monoisotopic (exact) mass is 323 g/mol. The van der Waals surface area contributed by atoms with E-state index >= 15 is 0 Å². The molecule has 2 rings (SSSR count). The standard InChI is InChI=1S/C16H29N5O2/c1-11(2)9-18-16(22)21-7-5-6-13(10-21)15-19-14(20-23-15)8-12(3)17-4/h11-13,17H,5-10H2,1-4H3,(H,18,22). The summed E-state index contributed by atoms with van der Waals surface area (Å²) < 4.78 is 5.43. The Morgan fingerprint density at radius 3 is 2.91 bits per heavy atom. The van der Waals surface area contributed by atoms with E-state index in [1.165, 1.54) is 0 Å². The lowest BCUT2D eigenvalue weighted by molar-refractivity contribution is 0.171. The van der Waals surface area contributed by atoms with Gasteiger partial charge in [0.25, 0.3) is 0 Å². The van der Waals surface area contributed by atoms with Gasteiger partial charge in [-0.1, -0.05) is 19.0 Å². The molecule has 0 bridgehead atoms. The third-order valence-corrected chi connectivity index (χ3v) is 4.18. The number of piperidine rings is 1. The minimum Gasteiger partial charge on any atom is -0.339 e. The molecule has 1 fully saturated rings. The van der Waals surface area contributed by atoms with Crippen molar-refractivity contribution in [2.45, 2.75) is 52.0 Å². The number of nitrogens with one attached hydrogen (secondary N) is 2. The summed E-state index contributed by atoms with van der Waals surface area (Å²) in [4.78, 5) is 18.6. The second kappa shape index (κ2) is 8.29. The van der Waals surface area contributed by atoms with E-state index in [1.54, 1.807) is 0 Å². The fourth-order valence-corrected chi connectivity index (χ4v) is 2.66. The predicted octanol–water partition coefficient (Wildman–Crippen LogP) is 1.76. The first-order chi connectivity index (χ1) is 11.0. The number of amides is 2. The number of carbonyl (C=O) groups is 1. The largest absolute Gasteiger partial charge is 0.339 e. The Labute approximate surface area is 138 Å². The summed E-state index contributed by atoms with van der Waals surface area (Å²) in [7, 11) is 1.92. The summed E-state index contributed by atoms with van der Waals surface area (Å²) in [6.07, 6.45) is 2.69. The van der Waals surface area contributed by atoms with Crippen molar-refractivity contribution >= 4 is 6.03 Å². The van der Waals surface area contributed by atoms with Gasteiger partial charge < -0.3 is 20.1 Å². The second-order valence-electron chi connectivity index (χ2n) is 6.81. The summed E-state index contributed by atoms with van der Waals surface area (Å²) in [5, 5.41) is 10.2. The zero-order valence-corrected chi connectivity index (χ0v) is 14.6. The average Bonchev–Trinajstić information content (AvgIpc) is 3.01. The Morgan fingerprint density at radius 2 is 2.22 bits per heavy atom. The van der Waals surface area contributed by atoms with Crippen molar-refractivity contribution in [3.63, 3.8) is 0 Å². The molecule has 1 aliphatic heterocycles. The lowest BCUT2D eigenvalue weighted by Gasteiger charge is -2.31. The molecule has 23 heavy (non-hydrogen) atoms. The molecule has 2 atom stereocenters. The van der Waals surface area contributed by atoms with Gasteiger partial charge in [0.05, 0.1) is 5.92 Å². The van der Waals surface area contributed by atoms with E-state index in [2.05, 4.69) is 41.5 Å². The molecule has 0 aliphatic carbocycles. The van der Waals surface area contributed by atoms with Crippen LogP contribution >= 0.6 is 0 Å². The second-order valence-corrected chi connectivity index (χ2v) is 6.81. The van der Waals surface area contributed by atoms with Gasteiger partial charge >= 0.3 is 6.03 Å². The smallest absolute Gasteiger partial charge is 0.317 e. The number of hydrogen-bond acceptors (Lipinski definition) is 5. The summed E-state index contributed by atoms with van der Waals surface area (Å²) in [6.45, 7) is 8.40. The highest BCUT2D eigenvalue weighted by Gasteiger charge is 2.28. The zero-order chi connectivity index (χ0) is 16.8. The molecular weight excluding hydrogens is 294 g/mol. The molecule has 2 heterocycles. The Hall–Kier alpha value is -1.63. The number of urea groups is 1. The SMILES string of the molecule is CNC(C)Cc1noc(C2CCCN(C(=O)NCC(C)C)C2)n1. The molecule has 0 aromatic carbocycles. The van der Waals surface area contributed by atoms with Crippen molar-refractivity contribution in [1.29, 1.82) is 0 Å². The van der Waals surface area contributed by atoms with E-state index in [0.29, 0.717) is 30.9 Å². The molecule has 1 aromatic heterocycles. The molecule has 0 saturated carbocycles. The van der Waals surface area contributed by atoms with Gasteiger partial charge in [-0.3, -0.25) is 0 Å². The van der Waals surface area contributed by atoms with Crippen LogP contribution < -0.4 is 10.6 Å². The summed E-state index contributed by atoms with van der Waals surface area (Å²) >= 11 is 0. The van der Waals surface area contributed by atoms with Crippen LogP contribution in [0, 0.1) is 5.92 Å². The molecular formula is C16H29N5O2. The molecule has 1 aromatic rings. The lowest BCUT2D eigenvalue weighted by atomic mass is 9.98. The number of hydrogen-bond donors (Lipinski definition) is 2. The van der Waals surface area contributed by atoms with Gasteiger partial charge in [-0.15, -0.1) is 0 Å². The van der Waals surface area contributed by atoms with Crippen LogP contribution in [0.25, 0.3) is 0 Å². The molecule has 0 spiro atoms. The first-order valence-corrected chi connectivity index (χ1v) is 8.52. The molecule has 1 aliphatic rings. The number of rotatable bonds is 6. The van der Waals surface area contributed by atoms with E-state index in [1.807, 2.05) is 11.9 Å². The Morgan fingerprint density at radius 1 is 1.43 bits per heavy atom. The highest BCUT2D eigenvalue weighted by molar-refractivity contribution is 5.74. The molecule has 1 saturated heterocycles. The van der Waals surface area contributed by atoms with E-state index in [9.17, 15) is 4.79 Å². The van der Waals surface area contributed by atoms with Crippen molar-refractivity contribution < 1.29 is 9.32 Å². The van der Waals surface area contributed by atoms with Gasteiger partial charge in [0.1, 0.15) is 0 Å². The maximum absolute atomic E-state index is 12.2. The fraction of sp³-hybridized carbons (Fsp3) is 0.812. The van der Waals surface area contributed by atoms with E-state index in [-0.39, 0.29) is 11.9 Å². The number of nitrogens with zero attached hydrogens (tertiary/aromatic N) is 3. The maximum atomic E-state index is 12.2. The summed E-state index contributed by atoms with van der Waals surface area (Å²) in [6, 6.07) is 0.317. The first-order valence-electron chi connectivity index (χ1n) is 8.52. The zero-order valence-electron chi connectivity index (χ0n) is 14.6. The molecule has 0 radical (unpaired) electrons. The van der Waals surface area contributed by atoms with Crippen LogP contribution in [0.1, 0.15) is 51.2 Å². The minimum absolute atomic E-state index is 0.00643. The molecule has 2 N–H and O–H groups in total. The van der Waals surface area contributed by atoms with Crippen molar-refractivity contribution in [1.82, 2.24) is 25.7 Å². The Kier molecular flexibility index (Phi) is 6.38. The van der Waals surface area contributed by atoms with Gasteiger partial charge in [-0.05, 0) is 32.7 Å². The lowest BCUT2D eigenvalue weighted by Crippen LogP contribution is -2.45.